The third kappa shape index (κ3) is 5.68. The van der Waals surface area contributed by atoms with E-state index in [1.807, 2.05) is 24.3 Å². The zero-order valence-electron chi connectivity index (χ0n) is 19.8. The Morgan fingerprint density at radius 2 is 1.20 bits per heavy atom. The van der Waals surface area contributed by atoms with E-state index in [1.54, 1.807) is 55.5 Å². The minimum atomic E-state index is -0.890. The highest BCUT2D eigenvalue weighted by Crippen LogP contribution is 2.32. The molecule has 4 rings (SSSR count). The Hall–Kier alpha value is -3.73. The van der Waals surface area contributed by atoms with E-state index in [-0.39, 0.29) is 23.5 Å². The summed E-state index contributed by atoms with van der Waals surface area (Å²) in [5.41, 5.74) is 3.41. The van der Waals surface area contributed by atoms with Gasteiger partial charge in [-0.25, -0.2) is 13.2 Å². The SMILES string of the molecule is CCCc1ccc(-c2ccc(-c3ccc(OCc4ccc(OCC)c(F)c4)cc3)c(F)c2F)cc1. The van der Waals surface area contributed by atoms with E-state index in [1.165, 1.54) is 11.6 Å². The number of hydrogen-bond donors (Lipinski definition) is 0. The van der Waals surface area contributed by atoms with Crippen molar-refractivity contribution in [3.05, 3.63) is 107 Å². The maximum absolute atomic E-state index is 15.0. The Labute approximate surface area is 204 Å². The Morgan fingerprint density at radius 3 is 1.74 bits per heavy atom. The van der Waals surface area contributed by atoms with Crippen molar-refractivity contribution in [1.82, 2.24) is 0 Å². The Bertz CT molecular complexity index is 1280. The van der Waals surface area contributed by atoms with Gasteiger partial charge in [0.2, 0.25) is 0 Å². The standard InChI is InChI=1S/C30H27F3O2/c1-3-5-20-6-9-22(10-7-20)25-15-16-26(30(33)29(25)32)23-11-13-24(14-12-23)35-19-21-8-17-28(34-4-2)27(31)18-21/h6-18H,3-5,19H2,1-2H3. The molecular formula is C30H27F3O2. The summed E-state index contributed by atoms with van der Waals surface area (Å²) in [7, 11) is 0. The van der Waals surface area contributed by atoms with Crippen LogP contribution in [0.25, 0.3) is 22.3 Å². The number of benzene rings is 4. The van der Waals surface area contributed by atoms with E-state index in [0.717, 1.165) is 12.8 Å². The normalized spacial score (nSPS) is 10.9. The van der Waals surface area contributed by atoms with E-state index in [4.69, 9.17) is 9.47 Å². The Balaban J connectivity index is 1.47. The summed E-state index contributed by atoms with van der Waals surface area (Å²) < 4.78 is 54.9. The van der Waals surface area contributed by atoms with E-state index in [2.05, 4.69) is 6.92 Å². The third-order valence-electron chi connectivity index (χ3n) is 5.75. The second-order valence-electron chi connectivity index (χ2n) is 8.25. The number of ether oxygens (including phenoxy) is 2. The highest BCUT2D eigenvalue weighted by Gasteiger charge is 2.16. The third-order valence-corrected chi connectivity index (χ3v) is 5.75. The summed E-state index contributed by atoms with van der Waals surface area (Å²) in [6.45, 7) is 4.44. The molecule has 0 unspecified atom stereocenters. The van der Waals surface area contributed by atoms with Gasteiger partial charge in [0.15, 0.2) is 23.2 Å². The van der Waals surface area contributed by atoms with Gasteiger partial charge in [0, 0.05) is 11.1 Å². The molecule has 0 heterocycles. The molecule has 0 saturated heterocycles. The fourth-order valence-corrected chi connectivity index (χ4v) is 3.94. The summed E-state index contributed by atoms with van der Waals surface area (Å²) in [6, 6.07) is 22.1. The van der Waals surface area contributed by atoms with Crippen molar-refractivity contribution in [2.24, 2.45) is 0 Å². The van der Waals surface area contributed by atoms with Crippen molar-refractivity contribution in [3.8, 4) is 33.8 Å². The van der Waals surface area contributed by atoms with Gasteiger partial charge >= 0.3 is 0 Å². The average Bonchev–Trinajstić information content (AvgIpc) is 2.87. The molecule has 0 saturated carbocycles. The zero-order valence-corrected chi connectivity index (χ0v) is 19.8. The van der Waals surface area contributed by atoms with Crippen LogP contribution in [0.3, 0.4) is 0 Å². The largest absolute Gasteiger partial charge is 0.491 e. The van der Waals surface area contributed by atoms with Gasteiger partial charge in [0.25, 0.3) is 0 Å². The molecule has 0 aliphatic heterocycles. The minimum absolute atomic E-state index is 0.164. The first-order valence-electron chi connectivity index (χ1n) is 11.7. The second-order valence-corrected chi connectivity index (χ2v) is 8.25. The van der Waals surface area contributed by atoms with Crippen LogP contribution in [-0.4, -0.2) is 6.61 Å². The van der Waals surface area contributed by atoms with Crippen LogP contribution in [0.2, 0.25) is 0 Å². The molecule has 4 aromatic carbocycles. The molecule has 0 aromatic heterocycles. The van der Waals surface area contributed by atoms with Crippen molar-refractivity contribution in [3.63, 3.8) is 0 Å². The molecule has 180 valence electrons. The molecule has 0 radical (unpaired) electrons. The van der Waals surface area contributed by atoms with Crippen molar-refractivity contribution in [2.75, 3.05) is 6.61 Å². The van der Waals surface area contributed by atoms with Crippen LogP contribution in [0.15, 0.2) is 78.9 Å². The van der Waals surface area contributed by atoms with E-state index in [9.17, 15) is 13.2 Å². The van der Waals surface area contributed by atoms with Crippen molar-refractivity contribution in [2.45, 2.75) is 33.3 Å². The van der Waals surface area contributed by atoms with Crippen LogP contribution in [0.4, 0.5) is 13.2 Å². The number of halogens is 3. The van der Waals surface area contributed by atoms with E-state index < -0.39 is 17.5 Å². The topological polar surface area (TPSA) is 18.5 Å². The number of aryl methyl sites for hydroxylation is 1. The first kappa shape index (κ1) is 24.4. The summed E-state index contributed by atoms with van der Waals surface area (Å²) in [5.74, 6) is -1.47. The predicted molar refractivity (Wildman–Crippen MR) is 133 cm³/mol. The Morgan fingerprint density at radius 1 is 0.629 bits per heavy atom. The van der Waals surface area contributed by atoms with Crippen molar-refractivity contribution in [1.29, 1.82) is 0 Å². The molecule has 0 atom stereocenters. The highest BCUT2D eigenvalue weighted by molar-refractivity contribution is 5.72. The van der Waals surface area contributed by atoms with Crippen LogP contribution in [0.5, 0.6) is 11.5 Å². The molecule has 0 amide bonds. The van der Waals surface area contributed by atoms with E-state index in [0.29, 0.717) is 29.0 Å². The monoisotopic (exact) mass is 476 g/mol. The fourth-order valence-electron chi connectivity index (χ4n) is 3.94. The molecule has 0 spiro atoms. The summed E-state index contributed by atoms with van der Waals surface area (Å²) >= 11 is 0. The van der Waals surface area contributed by atoms with Gasteiger partial charge in [0.1, 0.15) is 12.4 Å². The van der Waals surface area contributed by atoms with Crippen molar-refractivity contribution >= 4 is 0 Å². The van der Waals surface area contributed by atoms with Crippen LogP contribution in [0.1, 0.15) is 31.4 Å². The highest BCUT2D eigenvalue weighted by atomic mass is 19.2. The van der Waals surface area contributed by atoms with Gasteiger partial charge in [-0.2, -0.15) is 0 Å². The minimum Gasteiger partial charge on any atom is -0.491 e. The van der Waals surface area contributed by atoms with Gasteiger partial charge in [-0.3, -0.25) is 0 Å². The lowest BCUT2D eigenvalue weighted by atomic mass is 9.97. The molecule has 0 aliphatic carbocycles. The molecule has 0 bridgehead atoms. The summed E-state index contributed by atoms with van der Waals surface area (Å²) in [4.78, 5) is 0. The van der Waals surface area contributed by atoms with Crippen molar-refractivity contribution < 1.29 is 22.6 Å². The predicted octanol–water partition coefficient (Wildman–Crippen LogP) is 8.37. The maximum atomic E-state index is 15.0. The summed E-state index contributed by atoms with van der Waals surface area (Å²) in [6.07, 6.45) is 1.98. The number of rotatable bonds is 9. The van der Waals surface area contributed by atoms with Crippen LogP contribution >= 0.6 is 0 Å². The molecule has 2 nitrogen and oxygen atoms in total. The zero-order chi connectivity index (χ0) is 24.8. The Kier molecular flexibility index (Phi) is 7.76. The second kappa shape index (κ2) is 11.1. The molecule has 0 N–H and O–H groups in total. The molecule has 35 heavy (non-hydrogen) atoms. The number of hydrogen-bond acceptors (Lipinski definition) is 2. The fraction of sp³-hybridized carbons (Fsp3) is 0.200. The molecule has 4 aromatic rings. The summed E-state index contributed by atoms with van der Waals surface area (Å²) in [5, 5.41) is 0. The quantitative estimate of drug-likeness (QED) is 0.242. The lowest BCUT2D eigenvalue weighted by molar-refractivity contribution is 0.302. The molecule has 0 fully saturated rings. The van der Waals surface area contributed by atoms with Crippen LogP contribution < -0.4 is 9.47 Å². The molecule has 5 heteroatoms. The average molecular weight is 477 g/mol. The van der Waals surface area contributed by atoms with Crippen LogP contribution in [0, 0.1) is 17.5 Å². The lowest BCUT2D eigenvalue weighted by Crippen LogP contribution is -1.99. The van der Waals surface area contributed by atoms with Gasteiger partial charge in [-0.05, 0) is 59.9 Å². The van der Waals surface area contributed by atoms with E-state index >= 15 is 0 Å². The molecular weight excluding hydrogens is 449 g/mol. The van der Waals surface area contributed by atoms with Gasteiger partial charge < -0.3 is 9.47 Å². The lowest BCUT2D eigenvalue weighted by Gasteiger charge is -2.11. The van der Waals surface area contributed by atoms with Crippen LogP contribution in [-0.2, 0) is 13.0 Å². The van der Waals surface area contributed by atoms with Gasteiger partial charge in [0.05, 0.1) is 6.61 Å². The smallest absolute Gasteiger partial charge is 0.167 e. The first-order chi connectivity index (χ1) is 17.0. The van der Waals surface area contributed by atoms with Gasteiger partial charge in [-0.15, -0.1) is 0 Å². The molecule has 0 aliphatic rings. The first-order valence-corrected chi connectivity index (χ1v) is 11.7. The van der Waals surface area contributed by atoms with Gasteiger partial charge in [-0.1, -0.05) is 67.9 Å². The maximum Gasteiger partial charge on any atom is 0.167 e.